The van der Waals surface area contributed by atoms with E-state index in [4.69, 9.17) is 4.42 Å². The van der Waals surface area contributed by atoms with E-state index in [1.54, 1.807) is 0 Å². The first-order valence-electron chi connectivity index (χ1n) is 22.0. The first-order valence-corrected chi connectivity index (χ1v) is 22.0. The maximum absolute atomic E-state index is 7.36. The van der Waals surface area contributed by atoms with Crippen molar-refractivity contribution in [2.45, 2.75) is 145 Å². The van der Waals surface area contributed by atoms with Crippen LogP contribution in [0, 0.1) is 25.2 Å². The van der Waals surface area contributed by atoms with Crippen LogP contribution in [0.3, 0.4) is 0 Å². The molecule has 2 aliphatic carbocycles. The third-order valence-corrected chi connectivity index (χ3v) is 14.4. The second-order valence-electron chi connectivity index (χ2n) is 22.8. The third kappa shape index (κ3) is 5.97. The molecule has 0 saturated heterocycles. The van der Waals surface area contributed by atoms with Crippen LogP contribution in [0.2, 0.25) is 0 Å². The molecule has 3 nitrogen and oxygen atoms in total. The Morgan fingerprint density at radius 1 is 0.672 bits per heavy atom. The second kappa shape index (κ2) is 12.5. The Labute approximate surface area is 349 Å². The fourth-order valence-corrected chi connectivity index (χ4v) is 10.5. The lowest BCUT2D eigenvalue weighted by molar-refractivity contribution is 0.293. The molecule has 2 aliphatic heterocycles. The molecular weight excluding hydrogens is 703 g/mol. The van der Waals surface area contributed by atoms with Crippen LogP contribution in [0.1, 0.15) is 143 Å². The highest BCUT2D eigenvalue weighted by Crippen LogP contribution is 2.52. The molecule has 4 aromatic carbocycles. The zero-order chi connectivity index (χ0) is 41.6. The predicted octanol–water partition coefficient (Wildman–Crippen LogP) is 13.3. The van der Waals surface area contributed by atoms with Gasteiger partial charge in [0, 0.05) is 33.8 Å². The van der Waals surface area contributed by atoms with Gasteiger partial charge in [0.1, 0.15) is 5.58 Å². The number of anilines is 5. The zero-order valence-electron chi connectivity index (χ0n) is 38.1. The molecule has 0 fully saturated rings. The number of nitrogens with zero attached hydrogens (tertiary/aromatic N) is 2. The van der Waals surface area contributed by atoms with Gasteiger partial charge in [0.25, 0.3) is 6.71 Å². The summed E-state index contributed by atoms with van der Waals surface area (Å²) in [5.74, 6) is 0.481. The number of benzene rings is 4. The van der Waals surface area contributed by atoms with Crippen LogP contribution < -0.4 is 26.4 Å². The van der Waals surface area contributed by atoms with Gasteiger partial charge in [0.2, 0.25) is 0 Å². The summed E-state index contributed by atoms with van der Waals surface area (Å²) in [5, 5.41) is 1.18. The van der Waals surface area contributed by atoms with Crippen LogP contribution in [-0.2, 0) is 21.7 Å². The van der Waals surface area contributed by atoms with E-state index < -0.39 is 0 Å². The van der Waals surface area contributed by atoms with Crippen molar-refractivity contribution in [3.63, 3.8) is 0 Å². The van der Waals surface area contributed by atoms with E-state index >= 15 is 0 Å². The average molecular weight is 769 g/mol. The highest BCUT2D eigenvalue weighted by Gasteiger charge is 2.48. The molecule has 1 aromatic heterocycles. The van der Waals surface area contributed by atoms with Crippen molar-refractivity contribution in [3.8, 4) is 0 Å². The van der Waals surface area contributed by atoms with Gasteiger partial charge in [-0.1, -0.05) is 126 Å². The monoisotopic (exact) mass is 769 g/mol. The number of aryl methyl sites for hydroxylation is 2. The summed E-state index contributed by atoms with van der Waals surface area (Å²) >= 11 is 0. The lowest BCUT2D eigenvalue weighted by Crippen LogP contribution is -2.61. The van der Waals surface area contributed by atoms with E-state index in [0.717, 1.165) is 17.7 Å². The van der Waals surface area contributed by atoms with Gasteiger partial charge in [-0.05, 0) is 153 Å². The summed E-state index contributed by atoms with van der Waals surface area (Å²) in [5.41, 5.74) is 20.7. The van der Waals surface area contributed by atoms with Crippen molar-refractivity contribution in [3.05, 3.63) is 118 Å². The minimum absolute atomic E-state index is 0.00108. The topological polar surface area (TPSA) is 19.6 Å². The smallest absolute Gasteiger partial charge is 0.297 e. The molecule has 1 unspecified atom stereocenters. The Morgan fingerprint density at radius 2 is 1.28 bits per heavy atom. The van der Waals surface area contributed by atoms with E-state index in [1.165, 1.54) is 96.7 Å². The van der Waals surface area contributed by atoms with Crippen molar-refractivity contribution >= 4 is 62.7 Å². The minimum atomic E-state index is -0.0697. The van der Waals surface area contributed by atoms with Gasteiger partial charge in [-0.2, -0.15) is 0 Å². The zero-order valence-corrected chi connectivity index (χ0v) is 38.1. The molecule has 1 atom stereocenters. The van der Waals surface area contributed by atoms with Crippen molar-refractivity contribution in [2.24, 2.45) is 11.3 Å². The molecular formula is C54H65BN2O. The highest BCUT2D eigenvalue weighted by atomic mass is 16.3. The Kier molecular flexibility index (Phi) is 8.44. The minimum Gasteiger partial charge on any atom is -0.468 e. The van der Waals surface area contributed by atoms with Crippen molar-refractivity contribution < 1.29 is 4.42 Å². The molecule has 0 amide bonds. The van der Waals surface area contributed by atoms with Crippen molar-refractivity contribution in [1.82, 2.24) is 0 Å². The summed E-state index contributed by atoms with van der Waals surface area (Å²) in [6.07, 6.45) is 10.7. The second-order valence-corrected chi connectivity index (χ2v) is 22.8. The van der Waals surface area contributed by atoms with Crippen LogP contribution in [0.15, 0.2) is 89.0 Å². The quantitative estimate of drug-likeness (QED) is 0.164. The van der Waals surface area contributed by atoms with Gasteiger partial charge < -0.3 is 14.2 Å². The van der Waals surface area contributed by atoms with Gasteiger partial charge in [0.05, 0.1) is 11.3 Å². The Hall–Kier alpha value is -4.44. The molecule has 0 spiro atoms. The SMILES string of the molecule is Cc1cc2c3c(c1)N(c1cc4c(cc1C)C(C)(C)CCC4(C)C)c1ccc(C(C)(C)C)cc1B3c1oc3cc(C(C)(C)C)ccc3c1N2C1=CCC(C(C)(C)C)C=C1. The number of fused-ring (bicyclic) bond motifs is 7. The van der Waals surface area contributed by atoms with Crippen molar-refractivity contribution in [1.29, 1.82) is 0 Å². The third-order valence-electron chi connectivity index (χ3n) is 14.4. The molecule has 0 radical (unpaired) electrons. The number of furan rings is 1. The lowest BCUT2D eigenvalue weighted by Gasteiger charge is -2.46. The van der Waals surface area contributed by atoms with Crippen LogP contribution in [0.5, 0.6) is 0 Å². The maximum atomic E-state index is 7.36. The molecule has 9 rings (SSSR count). The standard InChI is InChI=1S/C54H65BN2O/c1-32-26-44-47-45(27-32)57(43-31-40-39(28-33(43)2)53(12,13)24-25-54(40,14)15)42-23-19-35(51(6,7)8)29-41(42)55(47)49-48(38-22-18-36(52(9,10)11)30-46(38)58-49)56(44)37-20-16-34(17-21-37)50(3,4)5/h16,18-23,26-31,34H,17,24-25H2,1-15H3. The van der Waals surface area contributed by atoms with Gasteiger partial charge in [0.15, 0.2) is 0 Å². The van der Waals surface area contributed by atoms with Crippen molar-refractivity contribution in [2.75, 3.05) is 9.80 Å². The number of allylic oxidation sites excluding steroid dienone is 3. The fourth-order valence-electron chi connectivity index (χ4n) is 10.5. The molecule has 300 valence electrons. The van der Waals surface area contributed by atoms with Crippen LogP contribution in [0.25, 0.3) is 11.0 Å². The molecule has 0 bridgehead atoms. The van der Waals surface area contributed by atoms with Crippen LogP contribution >= 0.6 is 0 Å². The van der Waals surface area contributed by atoms with E-state index in [1.807, 2.05) is 0 Å². The Balaban J connectivity index is 1.37. The van der Waals surface area contributed by atoms with Gasteiger partial charge in [-0.25, -0.2) is 0 Å². The largest absolute Gasteiger partial charge is 0.468 e. The summed E-state index contributed by atoms with van der Waals surface area (Å²) in [6, 6.07) is 24.3. The summed E-state index contributed by atoms with van der Waals surface area (Å²) in [6.45, 7) is 35.3. The summed E-state index contributed by atoms with van der Waals surface area (Å²) in [4.78, 5) is 5.19. The molecule has 4 aliphatic rings. The van der Waals surface area contributed by atoms with Gasteiger partial charge in [-0.15, -0.1) is 0 Å². The van der Waals surface area contributed by atoms with Crippen LogP contribution in [-0.4, -0.2) is 6.71 Å². The van der Waals surface area contributed by atoms with Gasteiger partial charge in [-0.3, -0.25) is 0 Å². The normalized spacial score (nSPS) is 19.5. The van der Waals surface area contributed by atoms with E-state index in [9.17, 15) is 0 Å². The highest BCUT2D eigenvalue weighted by molar-refractivity contribution is 7.00. The Morgan fingerprint density at radius 3 is 1.88 bits per heavy atom. The van der Waals surface area contributed by atoms with E-state index in [0.29, 0.717) is 5.92 Å². The average Bonchev–Trinajstić information content (AvgIpc) is 3.51. The van der Waals surface area contributed by atoms with Gasteiger partial charge >= 0.3 is 0 Å². The molecule has 5 aromatic rings. The van der Waals surface area contributed by atoms with E-state index in [-0.39, 0.29) is 33.8 Å². The Bertz CT molecular complexity index is 2590. The molecule has 0 N–H and O–H groups in total. The number of rotatable bonds is 2. The lowest BCUT2D eigenvalue weighted by atomic mass is 9.35. The summed E-state index contributed by atoms with van der Waals surface area (Å²) < 4.78 is 7.36. The first kappa shape index (κ1) is 39.0. The molecule has 0 saturated carbocycles. The number of hydrogen-bond donors (Lipinski definition) is 0. The predicted molar refractivity (Wildman–Crippen MR) is 251 cm³/mol. The fraction of sp³-hybridized carbons (Fsp3) is 0.444. The first-order chi connectivity index (χ1) is 27.0. The molecule has 3 heterocycles. The number of hydrogen-bond acceptors (Lipinski definition) is 3. The molecule has 58 heavy (non-hydrogen) atoms. The maximum Gasteiger partial charge on any atom is 0.297 e. The van der Waals surface area contributed by atoms with Crippen LogP contribution in [0.4, 0.5) is 28.4 Å². The van der Waals surface area contributed by atoms with E-state index in [2.05, 4.69) is 193 Å². The molecule has 4 heteroatoms. The summed E-state index contributed by atoms with van der Waals surface area (Å²) in [7, 11) is 0.